The van der Waals surface area contributed by atoms with E-state index in [1.54, 1.807) is 12.1 Å². The first-order valence-electron chi connectivity index (χ1n) is 13.5. The molecule has 3 aromatic rings. The van der Waals surface area contributed by atoms with Gasteiger partial charge in [-0.1, -0.05) is 11.3 Å². The predicted octanol–water partition coefficient (Wildman–Crippen LogP) is 5.35. The summed E-state index contributed by atoms with van der Waals surface area (Å²) in [5, 5.41) is 6.01. The number of hydrogen-bond donors (Lipinski definition) is 2. The van der Waals surface area contributed by atoms with E-state index in [1.807, 2.05) is 0 Å². The quantitative estimate of drug-likeness (QED) is 0.326. The normalized spacial score (nSPS) is 27.2. The third kappa shape index (κ3) is 4.46. The molecule has 2 amide bonds. The largest absolute Gasteiger partial charge is 0.496 e. The molecule has 15 heteroatoms. The third-order valence-corrected chi connectivity index (χ3v) is 9.95. The molecule has 4 bridgehead atoms. The lowest BCUT2D eigenvalue weighted by Gasteiger charge is -2.70. The van der Waals surface area contributed by atoms with E-state index in [2.05, 4.69) is 20.3 Å². The molecule has 2 atom stereocenters. The Labute approximate surface area is 245 Å². The number of benzene rings is 2. The number of morpholine rings is 1. The van der Waals surface area contributed by atoms with Gasteiger partial charge in [-0.15, -0.1) is 0 Å². The van der Waals surface area contributed by atoms with Gasteiger partial charge in [0.25, 0.3) is 11.8 Å². The van der Waals surface area contributed by atoms with Gasteiger partial charge in [0.05, 0.1) is 59.3 Å². The van der Waals surface area contributed by atoms with Gasteiger partial charge in [-0.3, -0.25) is 9.59 Å². The zero-order valence-corrected chi connectivity index (χ0v) is 23.4. The van der Waals surface area contributed by atoms with Crippen molar-refractivity contribution in [2.75, 3.05) is 30.5 Å². The first-order valence-corrected chi connectivity index (χ1v) is 14.4. The maximum atomic E-state index is 13.8. The van der Waals surface area contributed by atoms with Crippen molar-refractivity contribution < 1.29 is 45.8 Å². The Hall–Kier alpha value is -3.72. The molecule has 5 fully saturated rings. The number of amides is 2. The standard InChI is InChI=1S/C28H25F5N4O5S/c1-40-19-5-4-17-21(43-25(35-17)37-13-6-14(37)9-41-8-13)20(19)23(39)34-18-7-15(42-24(29)30)2-3-16(18)22(38)36-27-10-26(11-27,12-27)28(31,32)33/h2-5,7,13-14,24H,6,8-12H2,1H3,(H,34,39)(H,36,38). The SMILES string of the molecule is COc1ccc2nc(N3C4COCC3C4)sc2c1C(=O)Nc1cc(OC(F)F)ccc1C(=O)NC12CC(C(F)(F)F)(C1)C2. The number of methoxy groups -OCH3 is 1. The van der Waals surface area contributed by atoms with Crippen molar-refractivity contribution in [3.8, 4) is 11.5 Å². The highest BCUT2D eigenvalue weighted by atomic mass is 32.1. The fourth-order valence-electron chi connectivity index (χ4n) is 6.82. The first-order chi connectivity index (χ1) is 20.4. The highest BCUT2D eigenvalue weighted by Crippen LogP contribution is 2.73. The number of nitrogens with zero attached hydrogens (tertiary/aromatic N) is 2. The van der Waals surface area contributed by atoms with E-state index in [9.17, 15) is 31.5 Å². The fourth-order valence-corrected chi connectivity index (χ4v) is 8.07. The lowest BCUT2D eigenvalue weighted by Crippen LogP contribution is -2.78. The van der Waals surface area contributed by atoms with Crippen LogP contribution in [-0.2, 0) is 4.74 Å². The second kappa shape index (κ2) is 9.64. The van der Waals surface area contributed by atoms with E-state index >= 15 is 0 Å². The molecule has 3 saturated carbocycles. The third-order valence-electron chi connectivity index (χ3n) is 8.85. The van der Waals surface area contributed by atoms with Crippen molar-refractivity contribution in [2.45, 2.75) is 56.1 Å². The van der Waals surface area contributed by atoms with Crippen molar-refractivity contribution in [1.82, 2.24) is 10.3 Å². The summed E-state index contributed by atoms with van der Waals surface area (Å²) in [5.74, 6) is -1.54. The average molecular weight is 625 g/mol. The van der Waals surface area contributed by atoms with Crippen LogP contribution < -0.4 is 25.0 Å². The van der Waals surface area contributed by atoms with E-state index < -0.39 is 35.6 Å². The maximum absolute atomic E-state index is 13.8. The number of halogens is 5. The van der Waals surface area contributed by atoms with Gasteiger partial charge in [-0.05, 0) is 49.9 Å². The molecule has 2 unspecified atom stereocenters. The number of carbonyl (C=O) groups is 2. The fraction of sp³-hybridized carbons (Fsp3) is 0.464. The smallest absolute Gasteiger partial charge is 0.394 e. The summed E-state index contributed by atoms with van der Waals surface area (Å²) < 4.78 is 82.0. The number of thiazole rings is 1. The molecule has 228 valence electrons. The molecule has 0 radical (unpaired) electrons. The van der Waals surface area contributed by atoms with Crippen LogP contribution in [0.3, 0.4) is 0 Å². The maximum Gasteiger partial charge on any atom is 0.394 e. The van der Waals surface area contributed by atoms with E-state index in [-0.39, 0.29) is 59.7 Å². The molecule has 43 heavy (non-hydrogen) atoms. The molecule has 3 heterocycles. The summed E-state index contributed by atoms with van der Waals surface area (Å²) >= 11 is 1.30. The second-order valence-electron chi connectivity index (χ2n) is 11.6. The summed E-state index contributed by atoms with van der Waals surface area (Å²) in [5.41, 5.74) is -2.38. The number of hydrogen-bond acceptors (Lipinski definition) is 8. The average Bonchev–Trinajstić information content (AvgIpc) is 3.31. The second-order valence-corrected chi connectivity index (χ2v) is 12.5. The molecular weight excluding hydrogens is 599 g/mol. The van der Waals surface area contributed by atoms with Crippen LogP contribution in [0.5, 0.6) is 11.5 Å². The summed E-state index contributed by atoms with van der Waals surface area (Å²) in [6, 6.07) is 7.09. The number of nitrogens with one attached hydrogen (secondary N) is 2. The molecule has 5 aliphatic rings. The highest BCUT2D eigenvalue weighted by molar-refractivity contribution is 7.22. The minimum absolute atomic E-state index is 0.120. The molecular formula is C28H25F5N4O5S. The lowest BCUT2D eigenvalue weighted by molar-refractivity contribution is -0.336. The first kappa shape index (κ1) is 28.1. The predicted molar refractivity (Wildman–Crippen MR) is 145 cm³/mol. The van der Waals surface area contributed by atoms with Gasteiger partial charge in [-0.25, -0.2) is 4.98 Å². The molecule has 2 N–H and O–H groups in total. The van der Waals surface area contributed by atoms with E-state index in [0.717, 1.165) is 23.7 Å². The van der Waals surface area contributed by atoms with E-state index in [1.165, 1.54) is 24.5 Å². The Bertz CT molecular complexity index is 1610. The van der Waals surface area contributed by atoms with Crippen LogP contribution in [0.1, 0.15) is 46.4 Å². The molecule has 2 saturated heterocycles. The van der Waals surface area contributed by atoms with Gasteiger partial charge >= 0.3 is 12.8 Å². The van der Waals surface area contributed by atoms with Crippen LogP contribution in [0.15, 0.2) is 30.3 Å². The zero-order chi connectivity index (χ0) is 30.3. The Balaban J connectivity index is 1.19. The van der Waals surface area contributed by atoms with E-state index in [4.69, 9.17) is 14.5 Å². The van der Waals surface area contributed by atoms with Crippen molar-refractivity contribution in [3.05, 3.63) is 41.5 Å². The number of anilines is 2. The molecule has 2 aromatic carbocycles. The van der Waals surface area contributed by atoms with Gasteiger partial charge in [-0.2, -0.15) is 22.0 Å². The number of aromatic nitrogens is 1. The van der Waals surface area contributed by atoms with Crippen LogP contribution in [-0.4, -0.2) is 67.5 Å². The Morgan fingerprint density at radius 2 is 1.84 bits per heavy atom. The van der Waals surface area contributed by atoms with Gasteiger partial charge in [0.1, 0.15) is 17.1 Å². The Morgan fingerprint density at radius 3 is 2.47 bits per heavy atom. The molecule has 2 aliphatic heterocycles. The van der Waals surface area contributed by atoms with Crippen LogP contribution in [0, 0.1) is 5.41 Å². The van der Waals surface area contributed by atoms with E-state index in [0.29, 0.717) is 23.4 Å². The Morgan fingerprint density at radius 1 is 1.12 bits per heavy atom. The van der Waals surface area contributed by atoms with Crippen molar-refractivity contribution >= 4 is 44.2 Å². The number of fused-ring (bicyclic) bond motifs is 3. The number of alkyl halides is 5. The van der Waals surface area contributed by atoms with Crippen molar-refractivity contribution in [2.24, 2.45) is 5.41 Å². The minimum atomic E-state index is -4.36. The summed E-state index contributed by atoms with van der Waals surface area (Å²) in [6.07, 6.45) is -4.07. The van der Waals surface area contributed by atoms with Crippen LogP contribution in [0.2, 0.25) is 0 Å². The van der Waals surface area contributed by atoms with Gasteiger partial charge < -0.3 is 29.7 Å². The molecule has 0 spiro atoms. The summed E-state index contributed by atoms with van der Waals surface area (Å²) in [4.78, 5) is 34.0. The lowest BCUT2D eigenvalue weighted by atomic mass is 9.39. The van der Waals surface area contributed by atoms with Gasteiger partial charge in [0.15, 0.2) is 5.13 Å². The van der Waals surface area contributed by atoms with Crippen LogP contribution in [0.4, 0.5) is 32.8 Å². The number of rotatable bonds is 8. The summed E-state index contributed by atoms with van der Waals surface area (Å²) in [6.45, 7) is -1.99. The number of ether oxygens (including phenoxy) is 3. The molecule has 9 nitrogen and oxygen atoms in total. The van der Waals surface area contributed by atoms with Gasteiger partial charge in [0.2, 0.25) is 0 Å². The molecule has 8 rings (SSSR count). The topological polar surface area (TPSA) is 102 Å². The molecule has 1 aromatic heterocycles. The minimum Gasteiger partial charge on any atom is -0.496 e. The van der Waals surface area contributed by atoms with Crippen molar-refractivity contribution in [3.63, 3.8) is 0 Å². The molecule has 3 aliphatic carbocycles. The monoisotopic (exact) mass is 624 g/mol. The van der Waals surface area contributed by atoms with Crippen LogP contribution >= 0.6 is 11.3 Å². The zero-order valence-electron chi connectivity index (χ0n) is 22.6. The highest BCUT2D eigenvalue weighted by Gasteiger charge is 2.79. The number of carbonyl (C=O) groups excluding carboxylic acids is 2. The van der Waals surface area contributed by atoms with Crippen molar-refractivity contribution in [1.29, 1.82) is 0 Å². The van der Waals surface area contributed by atoms with Crippen LogP contribution in [0.25, 0.3) is 10.2 Å². The van der Waals surface area contributed by atoms with Gasteiger partial charge in [0, 0.05) is 11.6 Å². The Kier molecular flexibility index (Phi) is 6.30. The summed E-state index contributed by atoms with van der Waals surface area (Å²) in [7, 11) is 1.39.